The van der Waals surface area contributed by atoms with Crippen molar-refractivity contribution in [3.05, 3.63) is 59.2 Å². The Morgan fingerprint density at radius 1 is 1.32 bits per heavy atom. The molecule has 2 aromatic rings. The van der Waals surface area contributed by atoms with Gasteiger partial charge in [-0.2, -0.15) is 0 Å². The van der Waals surface area contributed by atoms with E-state index in [1.807, 2.05) is 5.43 Å². The average molecular weight is 366 g/mol. The van der Waals surface area contributed by atoms with Crippen LogP contribution in [0.2, 0.25) is 0 Å². The summed E-state index contributed by atoms with van der Waals surface area (Å²) in [6.45, 7) is 3.06. The first-order valence-corrected chi connectivity index (χ1v) is 9.12. The lowest BCUT2D eigenvalue weighted by atomic mass is 10.2. The summed E-state index contributed by atoms with van der Waals surface area (Å²) in [4.78, 5) is 15.5. The number of nitrogens with zero attached hydrogens (tertiary/aromatic N) is 2. The van der Waals surface area contributed by atoms with Gasteiger partial charge in [0, 0.05) is 6.20 Å². The molecule has 9 heteroatoms. The van der Waals surface area contributed by atoms with E-state index in [9.17, 15) is 17.6 Å². The summed E-state index contributed by atoms with van der Waals surface area (Å²) in [7, 11) is -3.60. The number of pyridine rings is 1. The molecule has 0 atom stereocenters. The van der Waals surface area contributed by atoms with Gasteiger partial charge in [0.15, 0.2) is 0 Å². The van der Waals surface area contributed by atoms with Crippen LogP contribution in [0.25, 0.3) is 0 Å². The Hall–Kier alpha value is -2.52. The number of hydrogen-bond donors (Lipinski definition) is 2. The van der Waals surface area contributed by atoms with Crippen molar-refractivity contribution in [2.45, 2.75) is 20.4 Å². The van der Waals surface area contributed by atoms with Crippen LogP contribution in [0.15, 0.2) is 36.5 Å². The van der Waals surface area contributed by atoms with Crippen molar-refractivity contribution in [3.8, 4) is 0 Å². The SMILES string of the molecule is CCS(=O)(=O)N(Cc1ccc(C(=O)NN)cn1)c1ccc(F)c(C)c1. The molecule has 0 unspecified atom stereocenters. The third kappa shape index (κ3) is 4.31. The number of carbonyl (C=O) groups is 1. The minimum Gasteiger partial charge on any atom is -0.290 e. The van der Waals surface area contributed by atoms with Crippen LogP contribution in [0.3, 0.4) is 0 Å². The number of benzene rings is 1. The van der Waals surface area contributed by atoms with Gasteiger partial charge in [-0.15, -0.1) is 0 Å². The topological polar surface area (TPSA) is 105 Å². The van der Waals surface area contributed by atoms with E-state index < -0.39 is 21.7 Å². The fourth-order valence-corrected chi connectivity index (χ4v) is 3.25. The summed E-state index contributed by atoms with van der Waals surface area (Å²) in [5, 5.41) is 0. The molecule has 1 heterocycles. The van der Waals surface area contributed by atoms with Gasteiger partial charge < -0.3 is 0 Å². The quantitative estimate of drug-likeness (QED) is 0.458. The highest BCUT2D eigenvalue weighted by Crippen LogP contribution is 2.23. The average Bonchev–Trinajstić information content (AvgIpc) is 2.61. The Kier molecular flexibility index (Phi) is 5.70. The molecule has 1 amide bonds. The van der Waals surface area contributed by atoms with Crippen molar-refractivity contribution in [2.75, 3.05) is 10.1 Å². The number of hydrazine groups is 1. The van der Waals surface area contributed by atoms with Gasteiger partial charge in [-0.25, -0.2) is 18.7 Å². The molecule has 2 rings (SSSR count). The number of aromatic nitrogens is 1. The van der Waals surface area contributed by atoms with Gasteiger partial charge in [-0.1, -0.05) is 0 Å². The number of nitrogens with one attached hydrogen (secondary N) is 1. The molecule has 0 bridgehead atoms. The van der Waals surface area contributed by atoms with Crippen LogP contribution in [-0.4, -0.2) is 25.1 Å². The Labute approximate surface area is 145 Å². The molecule has 25 heavy (non-hydrogen) atoms. The number of hydrogen-bond acceptors (Lipinski definition) is 5. The van der Waals surface area contributed by atoms with Gasteiger partial charge in [0.2, 0.25) is 10.0 Å². The molecule has 7 nitrogen and oxygen atoms in total. The monoisotopic (exact) mass is 366 g/mol. The van der Waals surface area contributed by atoms with Crippen molar-refractivity contribution >= 4 is 21.6 Å². The van der Waals surface area contributed by atoms with E-state index in [0.717, 1.165) is 0 Å². The van der Waals surface area contributed by atoms with E-state index in [2.05, 4.69) is 4.98 Å². The molecular weight excluding hydrogens is 347 g/mol. The second-order valence-corrected chi connectivity index (χ2v) is 7.53. The van der Waals surface area contributed by atoms with Crippen molar-refractivity contribution in [1.82, 2.24) is 10.4 Å². The molecule has 0 saturated heterocycles. The number of rotatable bonds is 6. The van der Waals surface area contributed by atoms with Crippen LogP contribution in [-0.2, 0) is 16.6 Å². The van der Waals surface area contributed by atoms with Crippen LogP contribution in [0, 0.1) is 12.7 Å². The largest absolute Gasteiger partial charge is 0.290 e. The summed E-state index contributed by atoms with van der Waals surface area (Å²) in [5.74, 6) is 4.04. The van der Waals surface area contributed by atoms with E-state index in [1.54, 1.807) is 13.0 Å². The van der Waals surface area contributed by atoms with E-state index in [-0.39, 0.29) is 17.9 Å². The molecule has 0 fully saturated rings. The number of nitrogen functional groups attached to an aromatic ring is 1. The molecule has 0 aliphatic heterocycles. The van der Waals surface area contributed by atoms with Crippen molar-refractivity contribution in [1.29, 1.82) is 0 Å². The van der Waals surface area contributed by atoms with Crippen molar-refractivity contribution < 1.29 is 17.6 Å². The molecular formula is C16H19FN4O3S. The highest BCUT2D eigenvalue weighted by Gasteiger charge is 2.22. The zero-order valence-electron chi connectivity index (χ0n) is 13.9. The zero-order chi connectivity index (χ0) is 18.6. The summed E-state index contributed by atoms with van der Waals surface area (Å²) in [5.41, 5.74) is 3.38. The summed E-state index contributed by atoms with van der Waals surface area (Å²) < 4.78 is 39.6. The van der Waals surface area contributed by atoms with Gasteiger partial charge in [0.25, 0.3) is 5.91 Å². The Bertz CT molecular complexity index is 869. The number of aryl methyl sites for hydroxylation is 1. The zero-order valence-corrected chi connectivity index (χ0v) is 14.7. The Morgan fingerprint density at radius 2 is 2.04 bits per heavy atom. The maximum Gasteiger partial charge on any atom is 0.266 e. The number of sulfonamides is 1. The van der Waals surface area contributed by atoms with E-state index in [4.69, 9.17) is 5.84 Å². The normalized spacial score (nSPS) is 11.2. The molecule has 134 valence electrons. The highest BCUT2D eigenvalue weighted by molar-refractivity contribution is 7.92. The summed E-state index contributed by atoms with van der Waals surface area (Å²) >= 11 is 0. The molecule has 0 aliphatic rings. The predicted molar refractivity (Wildman–Crippen MR) is 92.7 cm³/mol. The maximum absolute atomic E-state index is 13.5. The minimum atomic E-state index is -3.60. The van der Waals surface area contributed by atoms with E-state index in [1.165, 1.54) is 41.7 Å². The van der Waals surface area contributed by atoms with Crippen LogP contribution in [0.4, 0.5) is 10.1 Å². The highest BCUT2D eigenvalue weighted by atomic mass is 32.2. The fourth-order valence-electron chi connectivity index (χ4n) is 2.17. The lowest BCUT2D eigenvalue weighted by Crippen LogP contribution is -2.32. The van der Waals surface area contributed by atoms with Gasteiger partial charge in [0.1, 0.15) is 5.82 Å². The first-order chi connectivity index (χ1) is 11.8. The second kappa shape index (κ2) is 7.58. The molecule has 0 radical (unpaired) electrons. The number of nitrogens with two attached hydrogens (primary N) is 1. The number of carbonyl (C=O) groups excluding carboxylic acids is 1. The number of halogens is 1. The number of anilines is 1. The van der Waals surface area contributed by atoms with Crippen LogP contribution in [0.1, 0.15) is 28.5 Å². The first-order valence-electron chi connectivity index (χ1n) is 7.51. The van der Waals surface area contributed by atoms with E-state index >= 15 is 0 Å². The van der Waals surface area contributed by atoms with Crippen LogP contribution < -0.4 is 15.6 Å². The minimum absolute atomic E-state index is 0.0359. The molecule has 1 aromatic carbocycles. The molecule has 0 saturated carbocycles. The van der Waals surface area contributed by atoms with Gasteiger partial charge in [0.05, 0.1) is 29.2 Å². The Morgan fingerprint density at radius 3 is 2.56 bits per heavy atom. The van der Waals surface area contributed by atoms with Crippen molar-refractivity contribution in [3.63, 3.8) is 0 Å². The maximum atomic E-state index is 13.5. The fraction of sp³-hybridized carbons (Fsp3) is 0.250. The van der Waals surface area contributed by atoms with Gasteiger partial charge in [-0.3, -0.25) is 19.5 Å². The first kappa shape index (κ1) is 18.8. The van der Waals surface area contributed by atoms with Gasteiger partial charge in [-0.05, 0) is 49.7 Å². The summed E-state index contributed by atoms with van der Waals surface area (Å²) in [6.07, 6.45) is 1.31. The molecule has 1 aromatic heterocycles. The third-order valence-electron chi connectivity index (χ3n) is 3.65. The second-order valence-electron chi connectivity index (χ2n) is 5.35. The molecule has 0 spiro atoms. The van der Waals surface area contributed by atoms with Crippen LogP contribution >= 0.6 is 0 Å². The van der Waals surface area contributed by atoms with Crippen LogP contribution in [0.5, 0.6) is 0 Å². The predicted octanol–water partition coefficient (Wildman–Crippen LogP) is 1.49. The Balaban J connectivity index is 2.37. The van der Waals surface area contributed by atoms with Gasteiger partial charge >= 0.3 is 0 Å². The van der Waals surface area contributed by atoms with Crippen molar-refractivity contribution in [2.24, 2.45) is 5.84 Å². The smallest absolute Gasteiger partial charge is 0.266 e. The van der Waals surface area contributed by atoms with E-state index in [0.29, 0.717) is 16.9 Å². The standard InChI is InChI=1S/C16H19FN4O3S/c1-3-25(23,24)21(14-6-7-15(17)11(2)8-14)10-13-5-4-12(9-19-13)16(22)20-18/h4-9H,3,10,18H2,1-2H3,(H,20,22). The third-order valence-corrected chi connectivity index (χ3v) is 5.39. The molecule has 0 aliphatic carbocycles. The summed E-state index contributed by atoms with van der Waals surface area (Å²) in [6, 6.07) is 7.14. The number of amides is 1. The molecule has 3 N–H and O–H groups in total. The lowest BCUT2D eigenvalue weighted by Gasteiger charge is -2.24. The lowest BCUT2D eigenvalue weighted by molar-refractivity contribution is 0.0953.